The standard InChI is InChI=1S/C13H12N4O/c14-8-11-13(17-6-1-2-7-17)18-12(16-11)10-4-3-5-15-9-10/h3-5,9H,1-2,6-7H2. The van der Waals surface area contributed by atoms with Crippen LogP contribution in [0.1, 0.15) is 18.5 Å². The topological polar surface area (TPSA) is 66.0 Å². The van der Waals surface area contributed by atoms with Crippen LogP contribution in [0.25, 0.3) is 11.5 Å². The fraction of sp³-hybridized carbons (Fsp3) is 0.308. The van der Waals surface area contributed by atoms with Crippen LogP contribution in [0, 0.1) is 11.3 Å². The highest BCUT2D eigenvalue weighted by molar-refractivity contribution is 5.58. The van der Waals surface area contributed by atoms with E-state index < -0.39 is 0 Å². The van der Waals surface area contributed by atoms with Gasteiger partial charge in [0.15, 0.2) is 0 Å². The summed E-state index contributed by atoms with van der Waals surface area (Å²) in [7, 11) is 0. The SMILES string of the molecule is N#Cc1nc(-c2cccnc2)oc1N1CCCC1. The molecule has 0 N–H and O–H groups in total. The van der Waals surface area contributed by atoms with E-state index in [-0.39, 0.29) is 0 Å². The second-order valence-electron chi connectivity index (χ2n) is 4.22. The van der Waals surface area contributed by atoms with E-state index in [0.717, 1.165) is 31.5 Å². The largest absolute Gasteiger partial charge is 0.419 e. The first-order valence-corrected chi connectivity index (χ1v) is 5.95. The zero-order valence-electron chi connectivity index (χ0n) is 9.83. The van der Waals surface area contributed by atoms with E-state index in [1.54, 1.807) is 12.4 Å². The van der Waals surface area contributed by atoms with Crippen molar-refractivity contribution < 1.29 is 4.42 Å². The zero-order valence-corrected chi connectivity index (χ0v) is 9.83. The van der Waals surface area contributed by atoms with Gasteiger partial charge in [0, 0.05) is 25.5 Å². The molecule has 0 radical (unpaired) electrons. The molecule has 2 aromatic heterocycles. The number of aromatic nitrogens is 2. The molecule has 0 saturated carbocycles. The van der Waals surface area contributed by atoms with Crippen molar-refractivity contribution in [2.24, 2.45) is 0 Å². The Morgan fingerprint density at radius 2 is 2.17 bits per heavy atom. The average Bonchev–Trinajstić information content (AvgIpc) is 3.08. The molecule has 5 heteroatoms. The van der Waals surface area contributed by atoms with Gasteiger partial charge in [0.1, 0.15) is 6.07 Å². The Labute approximate surface area is 105 Å². The molecule has 1 saturated heterocycles. The number of rotatable bonds is 2. The van der Waals surface area contributed by atoms with Crippen LogP contribution < -0.4 is 4.90 Å². The predicted molar refractivity (Wildman–Crippen MR) is 65.9 cm³/mol. The Balaban J connectivity index is 2.01. The van der Waals surface area contributed by atoms with E-state index in [1.807, 2.05) is 12.1 Å². The normalized spacial score (nSPS) is 14.7. The third-order valence-corrected chi connectivity index (χ3v) is 3.02. The first kappa shape index (κ1) is 10.8. The summed E-state index contributed by atoms with van der Waals surface area (Å²) in [5, 5.41) is 9.12. The smallest absolute Gasteiger partial charge is 0.235 e. The lowest BCUT2D eigenvalue weighted by Gasteiger charge is -2.12. The Kier molecular flexibility index (Phi) is 2.69. The third kappa shape index (κ3) is 1.82. The van der Waals surface area contributed by atoms with Crippen LogP contribution in [-0.4, -0.2) is 23.1 Å². The molecule has 3 rings (SSSR count). The lowest BCUT2D eigenvalue weighted by molar-refractivity contribution is 0.563. The summed E-state index contributed by atoms with van der Waals surface area (Å²) in [5.41, 5.74) is 1.15. The molecule has 18 heavy (non-hydrogen) atoms. The first-order chi connectivity index (χ1) is 8.88. The second-order valence-corrected chi connectivity index (χ2v) is 4.22. The van der Waals surface area contributed by atoms with Crippen molar-refractivity contribution in [1.82, 2.24) is 9.97 Å². The maximum absolute atomic E-state index is 9.12. The highest BCUT2D eigenvalue weighted by Gasteiger charge is 2.22. The van der Waals surface area contributed by atoms with E-state index in [9.17, 15) is 0 Å². The Bertz CT molecular complexity index is 579. The summed E-state index contributed by atoms with van der Waals surface area (Å²) in [4.78, 5) is 10.3. The minimum Gasteiger partial charge on any atom is -0.419 e. The summed E-state index contributed by atoms with van der Waals surface area (Å²) < 4.78 is 5.73. The molecule has 0 atom stereocenters. The summed E-state index contributed by atoms with van der Waals surface area (Å²) in [5.74, 6) is 1.05. The maximum atomic E-state index is 9.12. The van der Waals surface area contributed by atoms with Gasteiger partial charge < -0.3 is 9.32 Å². The van der Waals surface area contributed by atoms with Crippen LogP contribution in [0.15, 0.2) is 28.9 Å². The van der Waals surface area contributed by atoms with Gasteiger partial charge in [-0.1, -0.05) is 0 Å². The summed E-state index contributed by atoms with van der Waals surface area (Å²) in [6, 6.07) is 5.79. The molecule has 90 valence electrons. The molecule has 0 aliphatic carbocycles. The van der Waals surface area contributed by atoms with Crippen LogP contribution in [0.4, 0.5) is 5.88 Å². The van der Waals surface area contributed by atoms with Crippen LogP contribution in [0.3, 0.4) is 0 Å². The van der Waals surface area contributed by atoms with Crippen molar-refractivity contribution >= 4 is 5.88 Å². The van der Waals surface area contributed by atoms with Gasteiger partial charge in [-0.2, -0.15) is 10.2 Å². The number of nitrogens with zero attached hydrogens (tertiary/aromatic N) is 4. The Morgan fingerprint density at radius 3 is 2.83 bits per heavy atom. The van der Waals surface area contributed by atoms with Crippen molar-refractivity contribution in [2.45, 2.75) is 12.8 Å². The number of oxazole rings is 1. The molecule has 1 fully saturated rings. The van der Waals surface area contributed by atoms with Crippen molar-refractivity contribution in [3.8, 4) is 17.5 Å². The van der Waals surface area contributed by atoms with Gasteiger partial charge in [0.25, 0.3) is 0 Å². The van der Waals surface area contributed by atoms with Crippen molar-refractivity contribution in [3.05, 3.63) is 30.2 Å². The quantitative estimate of drug-likeness (QED) is 0.805. The fourth-order valence-corrected chi connectivity index (χ4v) is 2.13. The molecule has 0 amide bonds. The molecule has 2 aromatic rings. The zero-order chi connectivity index (χ0) is 12.4. The minimum absolute atomic E-state index is 0.357. The van der Waals surface area contributed by atoms with E-state index >= 15 is 0 Å². The number of hydrogen-bond acceptors (Lipinski definition) is 5. The second kappa shape index (κ2) is 4.49. The average molecular weight is 240 g/mol. The molecule has 0 bridgehead atoms. The van der Waals surface area contributed by atoms with Gasteiger partial charge >= 0.3 is 0 Å². The Morgan fingerprint density at radius 1 is 1.33 bits per heavy atom. The molecular weight excluding hydrogens is 228 g/mol. The van der Waals surface area contributed by atoms with E-state index in [4.69, 9.17) is 9.68 Å². The monoisotopic (exact) mass is 240 g/mol. The van der Waals surface area contributed by atoms with Crippen LogP contribution in [-0.2, 0) is 0 Å². The highest BCUT2D eigenvalue weighted by atomic mass is 16.4. The molecular formula is C13H12N4O. The van der Waals surface area contributed by atoms with E-state index in [0.29, 0.717) is 17.5 Å². The number of anilines is 1. The predicted octanol–water partition coefficient (Wildman–Crippen LogP) is 2.21. The summed E-state index contributed by atoms with van der Waals surface area (Å²) >= 11 is 0. The van der Waals surface area contributed by atoms with Gasteiger partial charge in [-0.15, -0.1) is 0 Å². The molecule has 5 nitrogen and oxygen atoms in total. The molecule has 0 unspecified atom stereocenters. The third-order valence-electron chi connectivity index (χ3n) is 3.02. The molecule has 0 spiro atoms. The van der Waals surface area contributed by atoms with Gasteiger partial charge in [0.2, 0.25) is 17.5 Å². The highest BCUT2D eigenvalue weighted by Crippen LogP contribution is 2.29. The van der Waals surface area contributed by atoms with Crippen molar-refractivity contribution in [1.29, 1.82) is 5.26 Å². The maximum Gasteiger partial charge on any atom is 0.235 e. The van der Waals surface area contributed by atoms with Crippen LogP contribution >= 0.6 is 0 Å². The Hall–Kier alpha value is -2.35. The first-order valence-electron chi connectivity index (χ1n) is 5.95. The summed E-state index contributed by atoms with van der Waals surface area (Å²) in [6.07, 6.45) is 5.64. The number of pyridine rings is 1. The van der Waals surface area contributed by atoms with Gasteiger partial charge in [0.05, 0.1) is 5.56 Å². The van der Waals surface area contributed by atoms with Gasteiger partial charge in [-0.3, -0.25) is 4.98 Å². The molecule has 1 aliphatic rings. The lowest BCUT2D eigenvalue weighted by atomic mass is 10.3. The van der Waals surface area contributed by atoms with E-state index in [1.165, 1.54) is 0 Å². The van der Waals surface area contributed by atoms with Gasteiger partial charge in [-0.25, -0.2) is 0 Å². The molecule has 0 aromatic carbocycles. The van der Waals surface area contributed by atoms with Crippen molar-refractivity contribution in [3.63, 3.8) is 0 Å². The van der Waals surface area contributed by atoms with Crippen molar-refractivity contribution in [2.75, 3.05) is 18.0 Å². The van der Waals surface area contributed by atoms with Crippen LogP contribution in [0.5, 0.6) is 0 Å². The lowest BCUT2D eigenvalue weighted by Crippen LogP contribution is -2.17. The number of hydrogen-bond donors (Lipinski definition) is 0. The molecule has 1 aliphatic heterocycles. The minimum atomic E-state index is 0.357. The van der Waals surface area contributed by atoms with E-state index in [2.05, 4.69) is 20.9 Å². The fourth-order valence-electron chi connectivity index (χ4n) is 2.13. The van der Waals surface area contributed by atoms with Gasteiger partial charge in [-0.05, 0) is 25.0 Å². The molecule has 3 heterocycles. The summed E-state index contributed by atoms with van der Waals surface area (Å²) in [6.45, 7) is 1.85. The van der Waals surface area contributed by atoms with Crippen LogP contribution in [0.2, 0.25) is 0 Å². The number of nitriles is 1.